The van der Waals surface area contributed by atoms with Crippen LogP contribution in [0.25, 0.3) is 10.6 Å². The van der Waals surface area contributed by atoms with Crippen LogP contribution in [-0.4, -0.2) is 54.0 Å². The molecule has 1 saturated heterocycles. The number of nitrogens with zero attached hydrogens (tertiary/aromatic N) is 4. The number of anilines is 1. The van der Waals surface area contributed by atoms with E-state index in [0.717, 1.165) is 51.5 Å². The van der Waals surface area contributed by atoms with E-state index in [-0.39, 0.29) is 0 Å². The Bertz CT molecular complexity index is 993. The fourth-order valence-corrected chi connectivity index (χ4v) is 5.05. The van der Waals surface area contributed by atoms with Gasteiger partial charge in [-0.05, 0) is 63.0 Å². The van der Waals surface area contributed by atoms with Crippen molar-refractivity contribution in [2.75, 3.05) is 39.7 Å². The highest BCUT2D eigenvalue weighted by molar-refractivity contribution is 7.19. The molecule has 1 atom stereocenters. The normalized spacial score (nSPS) is 17.0. The zero-order valence-corrected chi connectivity index (χ0v) is 19.5. The smallest absolute Gasteiger partial charge is 0.183 e. The van der Waals surface area contributed by atoms with Gasteiger partial charge in [-0.25, -0.2) is 4.98 Å². The van der Waals surface area contributed by atoms with Gasteiger partial charge in [0, 0.05) is 31.9 Å². The SMILES string of the molecule is COc1cc(CNc2nc(C)c(-c3ccn(C[C@H]4CCCN(C)C4)n3)s2)cc(OC)c1. The van der Waals surface area contributed by atoms with Gasteiger partial charge < -0.3 is 19.7 Å². The average Bonchev–Trinajstić information content (AvgIpc) is 3.38. The molecule has 1 fully saturated rings. The summed E-state index contributed by atoms with van der Waals surface area (Å²) in [4.78, 5) is 8.25. The molecule has 1 aromatic carbocycles. The average molecular weight is 442 g/mol. The monoisotopic (exact) mass is 441 g/mol. The first-order valence-electron chi connectivity index (χ1n) is 10.7. The highest BCUT2D eigenvalue weighted by atomic mass is 32.1. The van der Waals surface area contributed by atoms with Gasteiger partial charge in [-0.1, -0.05) is 11.3 Å². The van der Waals surface area contributed by atoms with Gasteiger partial charge >= 0.3 is 0 Å². The Morgan fingerprint density at radius 2 is 1.97 bits per heavy atom. The molecule has 0 spiro atoms. The number of aromatic nitrogens is 3. The topological polar surface area (TPSA) is 64.4 Å². The van der Waals surface area contributed by atoms with E-state index >= 15 is 0 Å². The molecule has 0 amide bonds. The summed E-state index contributed by atoms with van der Waals surface area (Å²) in [6, 6.07) is 7.98. The molecule has 0 aliphatic carbocycles. The first-order valence-corrected chi connectivity index (χ1v) is 11.5. The molecular weight excluding hydrogens is 410 g/mol. The summed E-state index contributed by atoms with van der Waals surface area (Å²) < 4.78 is 12.8. The Labute approximate surface area is 188 Å². The zero-order chi connectivity index (χ0) is 21.8. The number of ether oxygens (including phenoxy) is 2. The van der Waals surface area contributed by atoms with Crippen molar-refractivity contribution in [1.29, 1.82) is 0 Å². The van der Waals surface area contributed by atoms with E-state index in [2.05, 4.69) is 34.2 Å². The number of aryl methyl sites for hydroxylation is 1. The molecule has 1 aliphatic heterocycles. The predicted molar refractivity (Wildman–Crippen MR) is 125 cm³/mol. The quantitative estimate of drug-likeness (QED) is 0.563. The molecule has 7 nitrogen and oxygen atoms in total. The van der Waals surface area contributed by atoms with Crippen molar-refractivity contribution in [2.24, 2.45) is 5.92 Å². The van der Waals surface area contributed by atoms with Gasteiger partial charge in [0.05, 0.1) is 24.8 Å². The standard InChI is InChI=1S/C23H31N5O2S/c1-16-22(21-7-9-28(26-21)15-17-6-5-8-27(2)14-17)31-23(25-16)24-13-18-10-19(29-3)12-20(11-18)30-4/h7,9-12,17H,5-6,8,13-15H2,1-4H3,(H,24,25)/t17-/m0/s1. The second-order valence-electron chi connectivity index (χ2n) is 8.20. The predicted octanol–water partition coefficient (Wildman–Crippen LogP) is 4.29. The number of likely N-dealkylation sites (tertiary alicyclic amines) is 1. The van der Waals surface area contributed by atoms with Crippen molar-refractivity contribution in [3.8, 4) is 22.1 Å². The van der Waals surface area contributed by atoms with E-state index in [4.69, 9.17) is 19.6 Å². The second-order valence-corrected chi connectivity index (χ2v) is 9.20. The van der Waals surface area contributed by atoms with E-state index in [1.165, 1.54) is 19.4 Å². The Morgan fingerprint density at radius 3 is 2.68 bits per heavy atom. The molecule has 166 valence electrons. The molecule has 2 aromatic heterocycles. The lowest BCUT2D eigenvalue weighted by atomic mass is 9.99. The third-order valence-corrected chi connectivity index (χ3v) is 6.83. The molecule has 0 bridgehead atoms. The van der Waals surface area contributed by atoms with E-state index in [0.29, 0.717) is 12.5 Å². The lowest BCUT2D eigenvalue weighted by molar-refractivity contribution is 0.191. The van der Waals surface area contributed by atoms with Crippen LogP contribution in [0, 0.1) is 12.8 Å². The first-order chi connectivity index (χ1) is 15.0. The Kier molecular flexibility index (Phi) is 6.77. The van der Waals surface area contributed by atoms with E-state index in [9.17, 15) is 0 Å². The number of benzene rings is 1. The van der Waals surface area contributed by atoms with Gasteiger partial charge in [-0.15, -0.1) is 0 Å². The van der Waals surface area contributed by atoms with Crippen molar-refractivity contribution < 1.29 is 9.47 Å². The molecule has 4 rings (SSSR count). The summed E-state index contributed by atoms with van der Waals surface area (Å²) in [7, 11) is 5.53. The molecule has 0 saturated carbocycles. The van der Waals surface area contributed by atoms with Crippen molar-refractivity contribution in [1.82, 2.24) is 19.7 Å². The molecule has 1 N–H and O–H groups in total. The first kappa shape index (κ1) is 21.6. The summed E-state index contributed by atoms with van der Waals surface area (Å²) >= 11 is 1.64. The minimum Gasteiger partial charge on any atom is -0.497 e. The van der Waals surface area contributed by atoms with Crippen LogP contribution in [0.3, 0.4) is 0 Å². The summed E-state index contributed by atoms with van der Waals surface area (Å²) in [5.41, 5.74) is 3.07. The largest absolute Gasteiger partial charge is 0.497 e. The van der Waals surface area contributed by atoms with Crippen LogP contribution < -0.4 is 14.8 Å². The summed E-state index contributed by atoms with van der Waals surface area (Å²) in [5, 5.41) is 9.16. The van der Waals surface area contributed by atoms with Gasteiger partial charge in [-0.3, -0.25) is 4.68 Å². The van der Waals surface area contributed by atoms with Crippen LogP contribution in [0.15, 0.2) is 30.5 Å². The van der Waals surface area contributed by atoms with Gasteiger partial charge in [0.15, 0.2) is 5.13 Å². The fourth-order valence-electron chi connectivity index (χ4n) is 4.13. The van der Waals surface area contributed by atoms with Crippen molar-refractivity contribution in [3.05, 3.63) is 41.7 Å². The van der Waals surface area contributed by atoms with Gasteiger partial charge in [0.25, 0.3) is 0 Å². The molecular formula is C23H31N5O2S. The third kappa shape index (κ3) is 5.37. The van der Waals surface area contributed by atoms with Crippen LogP contribution in [0.1, 0.15) is 24.1 Å². The number of hydrogen-bond donors (Lipinski definition) is 1. The van der Waals surface area contributed by atoms with Crippen LogP contribution >= 0.6 is 11.3 Å². The van der Waals surface area contributed by atoms with E-state index < -0.39 is 0 Å². The minimum absolute atomic E-state index is 0.642. The van der Waals surface area contributed by atoms with Crippen LogP contribution in [-0.2, 0) is 13.1 Å². The number of methoxy groups -OCH3 is 2. The highest BCUT2D eigenvalue weighted by Crippen LogP contribution is 2.32. The van der Waals surface area contributed by atoms with Gasteiger partial charge in [0.1, 0.15) is 17.2 Å². The van der Waals surface area contributed by atoms with E-state index in [1.54, 1.807) is 25.6 Å². The maximum Gasteiger partial charge on any atom is 0.183 e. The lowest BCUT2D eigenvalue weighted by Gasteiger charge is -2.29. The van der Waals surface area contributed by atoms with E-state index in [1.807, 2.05) is 25.1 Å². The molecule has 0 radical (unpaired) electrons. The number of nitrogens with one attached hydrogen (secondary N) is 1. The number of thiazole rings is 1. The lowest BCUT2D eigenvalue weighted by Crippen LogP contribution is -2.34. The highest BCUT2D eigenvalue weighted by Gasteiger charge is 2.19. The Morgan fingerprint density at radius 1 is 1.19 bits per heavy atom. The molecule has 31 heavy (non-hydrogen) atoms. The number of piperidine rings is 1. The van der Waals surface area contributed by atoms with Gasteiger partial charge in [-0.2, -0.15) is 5.10 Å². The summed E-state index contributed by atoms with van der Waals surface area (Å²) in [6.45, 7) is 6.02. The minimum atomic E-state index is 0.642. The van der Waals surface area contributed by atoms with Crippen molar-refractivity contribution in [2.45, 2.75) is 32.9 Å². The molecule has 0 unspecified atom stereocenters. The van der Waals surface area contributed by atoms with Crippen molar-refractivity contribution >= 4 is 16.5 Å². The van der Waals surface area contributed by atoms with Crippen LogP contribution in [0.5, 0.6) is 11.5 Å². The maximum absolute atomic E-state index is 5.36. The number of hydrogen-bond acceptors (Lipinski definition) is 7. The molecule has 8 heteroatoms. The molecule has 3 aromatic rings. The fraction of sp³-hybridized carbons (Fsp3) is 0.478. The molecule has 1 aliphatic rings. The van der Waals surface area contributed by atoms with Crippen molar-refractivity contribution in [3.63, 3.8) is 0 Å². The summed E-state index contributed by atoms with van der Waals surface area (Å²) in [6.07, 6.45) is 4.65. The van der Waals surface area contributed by atoms with Crippen LogP contribution in [0.4, 0.5) is 5.13 Å². The third-order valence-electron chi connectivity index (χ3n) is 5.69. The summed E-state index contributed by atoms with van der Waals surface area (Å²) in [5.74, 6) is 2.23. The molecule has 3 heterocycles. The van der Waals surface area contributed by atoms with Gasteiger partial charge in [0.2, 0.25) is 0 Å². The van der Waals surface area contributed by atoms with Crippen LogP contribution in [0.2, 0.25) is 0 Å². The Hall–Kier alpha value is -2.58. The Balaban J connectivity index is 1.42. The number of rotatable bonds is 8. The maximum atomic E-state index is 5.36. The second kappa shape index (κ2) is 9.70. The zero-order valence-electron chi connectivity index (χ0n) is 18.7.